The van der Waals surface area contributed by atoms with Crippen LogP contribution >= 0.6 is 23.1 Å². The van der Waals surface area contributed by atoms with Crippen LogP contribution in [0.5, 0.6) is 0 Å². The molecule has 1 amide bonds. The molecule has 4 nitrogen and oxygen atoms in total. The van der Waals surface area contributed by atoms with Crippen molar-refractivity contribution < 1.29 is 4.79 Å². The van der Waals surface area contributed by atoms with E-state index in [0.29, 0.717) is 24.0 Å². The summed E-state index contributed by atoms with van der Waals surface area (Å²) < 4.78 is 0. The van der Waals surface area contributed by atoms with Gasteiger partial charge in [-0.2, -0.15) is 11.8 Å². The molecule has 0 unspecified atom stereocenters. The molecular weight excluding hydrogens is 278 g/mol. The Hall–Kier alpha value is -1.03. The molecule has 0 spiro atoms. The average Bonchev–Trinajstić information content (AvgIpc) is 2.85. The van der Waals surface area contributed by atoms with E-state index in [1.54, 1.807) is 6.20 Å². The molecule has 6 heteroatoms. The predicted octanol–water partition coefficient (Wildman–Crippen LogP) is 1.93. The summed E-state index contributed by atoms with van der Waals surface area (Å²) in [6.07, 6.45) is 4.55. The molecule has 1 aromatic heterocycles. The van der Waals surface area contributed by atoms with E-state index in [4.69, 9.17) is 5.73 Å². The number of hydrogen-bond acceptors (Lipinski definition) is 5. The van der Waals surface area contributed by atoms with Crippen LogP contribution in [0.1, 0.15) is 24.1 Å². The monoisotopic (exact) mass is 295 g/mol. The van der Waals surface area contributed by atoms with Crippen molar-refractivity contribution in [3.05, 3.63) is 11.1 Å². The lowest BCUT2D eigenvalue weighted by atomic mass is 9.99. The highest BCUT2D eigenvalue weighted by atomic mass is 32.2. The summed E-state index contributed by atoms with van der Waals surface area (Å²) in [5.41, 5.74) is 5.31. The normalized spacial score (nSPS) is 15.6. The van der Waals surface area contributed by atoms with Gasteiger partial charge < -0.3 is 11.1 Å². The van der Waals surface area contributed by atoms with Crippen LogP contribution in [0.25, 0.3) is 0 Å². The number of thiazole rings is 1. The minimum absolute atomic E-state index is 0.0598. The maximum atomic E-state index is 11.9. The Morgan fingerprint density at radius 3 is 3.05 bits per heavy atom. The minimum atomic E-state index is 0.0598. The Morgan fingerprint density at radius 1 is 1.53 bits per heavy atom. The summed E-state index contributed by atoms with van der Waals surface area (Å²) in [6, 6.07) is 0. The van der Waals surface area contributed by atoms with Gasteiger partial charge >= 0.3 is 0 Å². The van der Waals surface area contributed by atoms with Gasteiger partial charge in [0.15, 0.2) is 5.13 Å². The summed E-state index contributed by atoms with van der Waals surface area (Å²) in [7, 11) is 0. The van der Waals surface area contributed by atoms with Gasteiger partial charge in [-0.05, 0) is 30.3 Å². The van der Waals surface area contributed by atoms with Gasteiger partial charge in [0.25, 0.3) is 0 Å². The van der Waals surface area contributed by atoms with Crippen molar-refractivity contribution in [1.29, 1.82) is 0 Å². The molecule has 2 rings (SSSR count). The quantitative estimate of drug-likeness (QED) is 0.836. The Balaban J connectivity index is 1.82. The SMILES string of the molecule is NCC#Cc1cnc(NC(=O)CC2CCSCC2)s1. The zero-order chi connectivity index (χ0) is 13.5. The van der Waals surface area contributed by atoms with E-state index < -0.39 is 0 Å². The molecule has 0 bridgehead atoms. The molecule has 0 aromatic carbocycles. The summed E-state index contributed by atoms with van der Waals surface area (Å²) in [4.78, 5) is 16.9. The highest BCUT2D eigenvalue weighted by Crippen LogP contribution is 2.26. The Morgan fingerprint density at radius 2 is 2.32 bits per heavy atom. The molecule has 2 heterocycles. The smallest absolute Gasteiger partial charge is 0.226 e. The number of anilines is 1. The molecule has 0 saturated carbocycles. The average molecular weight is 295 g/mol. The minimum Gasteiger partial charge on any atom is -0.320 e. The number of carbonyl (C=O) groups excluding carboxylic acids is 1. The molecule has 102 valence electrons. The fraction of sp³-hybridized carbons (Fsp3) is 0.538. The first-order valence-corrected chi connectivity index (χ1v) is 8.27. The molecule has 19 heavy (non-hydrogen) atoms. The second-order valence-corrected chi connectivity index (χ2v) is 6.60. The van der Waals surface area contributed by atoms with Crippen LogP contribution in [0, 0.1) is 17.8 Å². The van der Waals surface area contributed by atoms with E-state index >= 15 is 0 Å². The van der Waals surface area contributed by atoms with Crippen molar-refractivity contribution in [2.45, 2.75) is 19.3 Å². The van der Waals surface area contributed by atoms with Gasteiger partial charge in [0, 0.05) is 6.42 Å². The van der Waals surface area contributed by atoms with Gasteiger partial charge in [-0.3, -0.25) is 4.79 Å². The molecule has 1 aliphatic heterocycles. The van der Waals surface area contributed by atoms with E-state index in [1.807, 2.05) is 11.8 Å². The lowest BCUT2D eigenvalue weighted by molar-refractivity contribution is -0.117. The fourth-order valence-corrected chi connectivity index (χ4v) is 3.82. The zero-order valence-corrected chi connectivity index (χ0v) is 12.3. The van der Waals surface area contributed by atoms with E-state index in [2.05, 4.69) is 22.1 Å². The third kappa shape index (κ3) is 4.86. The fourth-order valence-electron chi connectivity index (χ4n) is 1.91. The topological polar surface area (TPSA) is 68.0 Å². The molecule has 1 fully saturated rings. The number of nitrogens with one attached hydrogen (secondary N) is 1. The van der Waals surface area contributed by atoms with E-state index in [1.165, 1.54) is 22.8 Å². The van der Waals surface area contributed by atoms with Gasteiger partial charge in [-0.15, -0.1) is 0 Å². The van der Waals surface area contributed by atoms with E-state index in [9.17, 15) is 4.79 Å². The van der Waals surface area contributed by atoms with Crippen LogP contribution < -0.4 is 11.1 Å². The Labute approximate surface area is 121 Å². The third-order valence-electron chi connectivity index (χ3n) is 2.88. The number of hydrogen-bond donors (Lipinski definition) is 2. The number of nitrogens with two attached hydrogens (primary N) is 1. The molecule has 0 atom stereocenters. The van der Waals surface area contributed by atoms with E-state index in [0.717, 1.165) is 17.7 Å². The second-order valence-electron chi connectivity index (χ2n) is 4.34. The number of aromatic nitrogens is 1. The summed E-state index contributed by atoms with van der Waals surface area (Å²) in [5.74, 6) is 8.61. The van der Waals surface area contributed by atoms with Crippen molar-refractivity contribution in [2.24, 2.45) is 11.7 Å². The number of nitrogens with zero attached hydrogens (tertiary/aromatic N) is 1. The number of rotatable bonds is 3. The largest absolute Gasteiger partial charge is 0.320 e. The summed E-state index contributed by atoms with van der Waals surface area (Å²) in [5, 5.41) is 3.47. The van der Waals surface area contributed by atoms with Gasteiger partial charge in [0.05, 0.1) is 17.6 Å². The molecule has 1 saturated heterocycles. The summed E-state index contributed by atoms with van der Waals surface area (Å²) >= 11 is 3.36. The van der Waals surface area contributed by atoms with Gasteiger partial charge in [-0.1, -0.05) is 23.2 Å². The second kappa shape index (κ2) is 7.53. The third-order valence-corrected chi connectivity index (χ3v) is 4.76. The molecular formula is C13H17N3OS2. The Bertz CT molecular complexity index is 484. The van der Waals surface area contributed by atoms with Crippen LogP contribution in [0.2, 0.25) is 0 Å². The zero-order valence-electron chi connectivity index (χ0n) is 10.6. The lowest BCUT2D eigenvalue weighted by Gasteiger charge is -2.20. The number of thioether (sulfide) groups is 1. The van der Waals surface area contributed by atoms with Gasteiger partial charge in [0.1, 0.15) is 0 Å². The molecule has 1 aliphatic rings. The highest BCUT2D eigenvalue weighted by Gasteiger charge is 2.17. The van der Waals surface area contributed by atoms with Crippen LogP contribution in [0.4, 0.5) is 5.13 Å². The van der Waals surface area contributed by atoms with Gasteiger partial charge in [-0.25, -0.2) is 4.98 Å². The van der Waals surface area contributed by atoms with Crippen LogP contribution in [-0.4, -0.2) is 28.9 Å². The first-order valence-electron chi connectivity index (χ1n) is 6.30. The first-order chi connectivity index (χ1) is 9.28. The molecule has 3 N–H and O–H groups in total. The standard InChI is InChI=1S/C13H17N3OS2/c14-5-1-2-11-9-15-13(19-11)16-12(17)8-10-3-6-18-7-4-10/h9-10H,3-8,14H2,(H,15,16,17). The van der Waals surface area contributed by atoms with Crippen molar-refractivity contribution in [2.75, 3.05) is 23.4 Å². The summed E-state index contributed by atoms with van der Waals surface area (Å²) in [6.45, 7) is 0.333. The highest BCUT2D eigenvalue weighted by molar-refractivity contribution is 7.99. The van der Waals surface area contributed by atoms with Crippen LogP contribution in [-0.2, 0) is 4.79 Å². The van der Waals surface area contributed by atoms with E-state index in [-0.39, 0.29) is 5.91 Å². The van der Waals surface area contributed by atoms with Crippen LogP contribution in [0.3, 0.4) is 0 Å². The Kier molecular flexibility index (Phi) is 5.70. The maximum Gasteiger partial charge on any atom is 0.226 e. The van der Waals surface area contributed by atoms with Crippen molar-refractivity contribution in [1.82, 2.24) is 4.98 Å². The number of amides is 1. The van der Waals surface area contributed by atoms with Crippen molar-refractivity contribution >= 4 is 34.1 Å². The molecule has 0 radical (unpaired) electrons. The predicted molar refractivity (Wildman–Crippen MR) is 81.3 cm³/mol. The first kappa shape index (κ1) is 14.4. The van der Waals surface area contributed by atoms with Crippen LogP contribution in [0.15, 0.2) is 6.20 Å². The lowest BCUT2D eigenvalue weighted by Crippen LogP contribution is -2.19. The van der Waals surface area contributed by atoms with Crippen molar-refractivity contribution in [3.63, 3.8) is 0 Å². The number of carbonyl (C=O) groups is 1. The van der Waals surface area contributed by atoms with Gasteiger partial charge in [0.2, 0.25) is 5.91 Å². The maximum absolute atomic E-state index is 11.9. The molecule has 1 aromatic rings. The van der Waals surface area contributed by atoms with Crippen molar-refractivity contribution in [3.8, 4) is 11.8 Å². The molecule has 0 aliphatic carbocycles.